The molecule has 9 nitrogen and oxygen atoms in total. The highest BCUT2D eigenvalue weighted by atomic mass is 32.2. The van der Waals surface area contributed by atoms with E-state index in [0.717, 1.165) is 32.1 Å². The molecule has 0 unspecified atom stereocenters. The van der Waals surface area contributed by atoms with Crippen LogP contribution in [-0.2, 0) is 21.3 Å². The van der Waals surface area contributed by atoms with Gasteiger partial charge in [0.25, 0.3) is 5.91 Å². The fourth-order valence-corrected chi connectivity index (χ4v) is 5.48. The molecule has 0 fully saturated rings. The Kier molecular flexibility index (Phi) is 11.8. The molecule has 0 radical (unpaired) electrons. The normalized spacial score (nSPS) is 22.2. The number of fused-ring (bicyclic) bond motifs is 1. The minimum absolute atomic E-state index is 0.0419. The van der Waals surface area contributed by atoms with Crippen molar-refractivity contribution in [3.63, 3.8) is 0 Å². The van der Waals surface area contributed by atoms with E-state index < -0.39 is 16.1 Å². The number of amides is 1. The molecule has 1 amide bonds. The monoisotopic (exact) mass is 575 g/mol. The Morgan fingerprint density at radius 1 is 1.15 bits per heavy atom. The molecule has 222 valence electrons. The lowest BCUT2D eigenvalue weighted by atomic mass is 10.0. The van der Waals surface area contributed by atoms with Gasteiger partial charge in [-0.25, -0.2) is 8.42 Å². The molecule has 3 rings (SSSR count). The second-order valence-corrected chi connectivity index (χ2v) is 12.8. The van der Waals surface area contributed by atoms with Crippen LogP contribution in [0.2, 0.25) is 0 Å². The summed E-state index contributed by atoms with van der Waals surface area (Å²) in [6.07, 6.45) is 3.36. The lowest BCUT2D eigenvalue weighted by Gasteiger charge is -2.36. The first-order valence-electron chi connectivity index (χ1n) is 14.0. The Hall–Kier alpha value is -2.66. The van der Waals surface area contributed by atoms with Gasteiger partial charge in [-0.05, 0) is 63.9 Å². The van der Waals surface area contributed by atoms with Crippen LogP contribution < -0.4 is 9.46 Å². The molecule has 1 heterocycles. The number of aliphatic hydroxyl groups is 1. The highest BCUT2D eigenvalue weighted by molar-refractivity contribution is 7.92. The van der Waals surface area contributed by atoms with E-state index >= 15 is 0 Å². The average Bonchev–Trinajstić information content (AvgIpc) is 2.90. The molecular formula is C30H45N3O6S. The third-order valence-electron chi connectivity index (χ3n) is 7.14. The standard InChI is InChI=1S/C30H45N3O6S/c1-22-18-33(23(2)21-34)30(35)27-17-26(31-40(5,36)37)14-15-28(27)39-24(3)11-9-10-16-38-29(22)20-32(4)19-25-12-7-6-8-13-25/h6-8,12-15,17,22-24,29,31,34H,9-11,16,18-21H2,1-5H3/t22-,23-,24-,29+/m0/s1. The molecule has 0 aliphatic carbocycles. The van der Waals surface area contributed by atoms with Crippen molar-refractivity contribution in [3.05, 3.63) is 59.7 Å². The maximum Gasteiger partial charge on any atom is 0.258 e. The number of likely N-dealkylation sites (N-methyl/N-ethyl adjacent to an activating group) is 1. The summed E-state index contributed by atoms with van der Waals surface area (Å²) in [6.45, 7) is 8.04. The minimum Gasteiger partial charge on any atom is -0.490 e. The van der Waals surface area contributed by atoms with E-state index in [0.29, 0.717) is 25.4 Å². The van der Waals surface area contributed by atoms with Gasteiger partial charge in [-0.15, -0.1) is 0 Å². The van der Waals surface area contributed by atoms with Gasteiger partial charge in [0.05, 0.1) is 36.7 Å². The number of carbonyl (C=O) groups excluding carboxylic acids is 1. The SMILES string of the molecule is C[C@H]1CCCCO[C@H](CN(C)Cc2ccccc2)[C@@H](C)CN([C@@H](C)CO)C(=O)c2cc(NS(C)(=O)=O)ccc2O1. The van der Waals surface area contributed by atoms with E-state index in [1.54, 1.807) is 24.0 Å². The summed E-state index contributed by atoms with van der Waals surface area (Å²) in [5, 5.41) is 10.1. The number of aliphatic hydroxyl groups excluding tert-OH is 1. The molecule has 1 aliphatic rings. The van der Waals surface area contributed by atoms with Gasteiger partial charge in [0.15, 0.2) is 0 Å². The number of nitrogens with one attached hydrogen (secondary N) is 1. The van der Waals surface area contributed by atoms with Crippen molar-refractivity contribution in [3.8, 4) is 5.75 Å². The highest BCUT2D eigenvalue weighted by Crippen LogP contribution is 2.29. The average molecular weight is 576 g/mol. The number of rotatable bonds is 8. The van der Waals surface area contributed by atoms with Crippen LogP contribution >= 0.6 is 0 Å². The lowest BCUT2D eigenvalue weighted by molar-refractivity contribution is -0.0177. The number of anilines is 1. The number of hydrogen-bond acceptors (Lipinski definition) is 7. The van der Waals surface area contributed by atoms with E-state index in [-0.39, 0.29) is 41.9 Å². The lowest BCUT2D eigenvalue weighted by Crippen LogP contribution is -2.47. The number of benzene rings is 2. The summed E-state index contributed by atoms with van der Waals surface area (Å²) in [4.78, 5) is 17.9. The summed E-state index contributed by atoms with van der Waals surface area (Å²) in [6, 6.07) is 14.5. The quantitative estimate of drug-likeness (QED) is 0.490. The third kappa shape index (κ3) is 9.76. The van der Waals surface area contributed by atoms with Crippen molar-refractivity contribution in [1.82, 2.24) is 9.80 Å². The van der Waals surface area contributed by atoms with Gasteiger partial charge < -0.3 is 19.5 Å². The van der Waals surface area contributed by atoms with Crippen LogP contribution in [0.1, 0.15) is 56.0 Å². The van der Waals surface area contributed by atoms with Crippen LogP contribution in [0, 0.1) is 5.92 Å². The van der Waals surface area contributed by atoms with Crippen LogP contribution in [-0.4, -0.2) is 87.1 Å². The predicted molar refractivity (Wildman–Crippen MR) is 158 cm³/mol. The Labute approximate surface area is 239 Å². The highest BCUT2D eigenvalue weighted by Gasteiger charge is 2.30. The van der Waals surface area contributed by atoms with Gasteiger partial charge in [0.1, 0.15) is 5.75 Å². The van der Waals surface area contributed by atoms with Crippen LogP contribution in [0.25, 0.3) is 0 Å². The van der Waals surface area contributed by atoms with E-state index in [1.165, 1.54) is 11.6 Å². The van der Waals surface area contributed by atoms with Crippen LogP contribution in [0.4, 0.5) is 5.69 Å². The van der Waals surface area contributed by atoms with Crippen molar-refractivity contribution in [1.29, 1.82) is 0 Å². The van der Waals surface area contributed by atoms with E-state index in [9.17, 15) is 18.3 Å². The smallest absolute Gasteiger partial charge is 0.258 e. The first kappa shape index (κ1) is 31.9. The van der Waals surface area contributed by atoms with Crippen molar-refractivity contribution < 1.29 is 27.8 Å². The molecule has 4 atom stereocenters. The number of nitrogens with zero attached hydrogens (tertiary/aromatic N) is 2. The van der Waals surface area contributed by atoms with Crippen molar-refractivity contribution in [2.24, 2.45) is 5.92 Å². The molecule has 2 aromatic carbocycles. The van der Waals surface area contributed by atoms with Gasteiger partial charge in [-0.1, -0.05) is 37.3 Å². The van der Waals surface area contributed by atoms with Gasteiger partial charge in [0.2, 0.25) is 10.0 Å². The van der Waals surface area contributed by atoms with E-state index in [2.05, 4.69) is 35.7 Å². The number of hydrogen-bond donors (Lipinski definition) is 2. The summed E-state index contributed by atoms with van der Waals surface area (Å²) in [7, 11) is -1.47. The fourth-order valence-electron chi connectivity index (χ4n) is 4.93. The Morgan fingerprint density at radius 3 is 2.55 bits per heavy atom. The molecule has 0 saturated carbocycles. The molecule has 0 aromatic heterocycles. The number of carbonyl (C=O) groups is 1. The molecular weight excluding hydrogens is 530 g/mol. The maximum atomic E-state index is 14.1. The number of ether oxygens (including phenoxy) is 2. The van der Waals surface area contributed by atoms with Gasteiger partial charge >= 0.3 is 0 Å². The molecule has 2 aromatic rings. The van der Waals surface area contributed by atoms with E-state index in [4.69, 9.17) is 9.47 Å². The molecule has 1 aliphatic heterocycles. The maximum absolute atomic E-state index is 14.1. The van der Waals surface area contributed by atoms with Crippen LogP contribution in [0.5, 0.6) is 5.75 Å². The van der Waals surface area contributed by atoms with Crippen molar-refractivity contribution >= 4 is 21.6 Å². The van der Waals surface area contributed by atoms with Gasteiger partial charge in [-0.3, -0.25) is 14.4 Å². The van der Waals surface area contributed by atoms with Crippen molar-refractivity contribution in [2.75, 3.05) is 44.3 Å². The van der Waals surface area contributed by atoms with Gasteiger partial charge in [0, 0.05) is 37.8 Å². The summed E-state index contributed by atoms with van der Waals surface area (Å²) < 4.78 is 38.8. The Morgan fingerprint density at radius 2 is 1.88 bits per heavy atom. The second kappa shape index (κ2) is 14.8. The summed E-state index contributed by atoms with van der Waals surface area (Å²) in [5.74, 6) is 0.0210. The van der Waals surface area contributed by atoms with Crippen molar-refractivity contribution in [2.45, 2.75) is 64.8 Å². The summed E-state index contributed by atoms with van der Waals surface area (Å²) in [5.41, 5.74) is 1.75. The molecule has 2 N–H and O–H groups in total. The zero-order valence-corrected chi connectivity index (χ0v) is 25.2. The zero-order chi connectivity index (χ0) is 29.3. The predicted octanol–water partition coefficient (Wildman–Crippen LogP) is 3.99. The third-order valence-corrected chi connectivity index (χ3v) is 7.75. The first-order valence-corrected chi connectivity index (χ1v) is 15.9. The molecule has 0 saturated heterocycles. The molecule has 0 bridgehead atoms. The zero-order valence-electron chi connectivity index (χ0n) is 24.4. The first-order chi connectivity index (χ1) is 19.0. The fraction of sp³-hybridized carbons (Fsp3) is 0.567. The second-order valence-electron chi connectivity index (χ2n) is 11.1. The van der Waals surface area contributed by atoms with Crippen LogP contribution in [0.3, 0.4) is 0 Å². The summed E-state index contributed by atoms with van der Waals surface area (Å²) >= 11 is 0. The Balaban J connectivity index is 1.92. The molecule has 10 heteroatoms. The topological polar surface area (TPSA) is 108 Å². The molecule has 40 heavy (non-hydrogen) atoms. The van der Waals surface area contributed by atoms with Crippen LogP contribution in [0.15, 0.2) is 48.5 Å². The Bertz CT molecular complexity index is 1190. The molecule has 0 spiro atoms. The largest absolute Gasteiger partial charge is 0.490 e. The van der Waals surface area contributed by atoms with Gasteiger partial charge in [-0.2, -0.15) is 0 Å². The minimum atomic E-state index is -3.54. The van der Waals surface area contributed by atoms with E-state index in [1.807, 2.05) is 25.1 Å². The number of sulfonamides is 1.